The number of amides is 2. The van der Waals surface area contributed by atoms with Gasteiger partial charge in [-0.2, -0.15) is 0 Å². The summed E-state index contributed by atoms with van der Waals surface area (Å²) in [6.07, 6.45) is 0.0887. The Bertz CT molecular complexity index is 770. The highest BCUT2D eigenvalue weighted by atomic mass is 19.1. The molecule has 25 heavy (non-hydrogen) atoms. The first-order valence-electron chi connectivity index (χ1n) is 7.81. The molecule has 0 radical (unpaired) electrons. The standard InChI is InChI=1S/C19H19FN2O3/c1-13(23)15-3-9-18(10-4-15)22(14(2)24)12-11-19(25)21-17-7-5-16(20)6-8-17/h3-10H,11-12H2,1-2H3,(H,21,25). The van der Waals surface area contributed by atoms with Gasteiger partial charge in [-0.05, 0) is 55.5 Å². The third-order valence-corrected chi connectivity index (χ3v) is 3.66. The first-order chi connectivity index (χ1) is 11.9. The minimum Gasteiger partial charge on any atom is -0.326 e. The van der Waals surface area contributed by atoms with Gasteiger partial charge in [0.15, 0.2) is 5.78 Å². The summed E-state index contributed by atoms with van der Waals surface area (Å²) < 4.78 is 12.9. The third-order valence-electron chi connectivity index (χ3n) is 3.66. The molecule has 0 atom stereocenters. The number of nitrogens with one attached hydrogen (secondary N) is 1. The van der Waals surface area contributed by atoms with Crippen molar-refractivity contribution in [1.82, 2.24) is 0 Å². The van der Waals surface area contributed by atoms with Gasteiger partial charge in [-0.1, -0.05) is 0 Å². The molecule has 0 aliphatic rings. The topological polar surface area (TPSA) is 66.5 Å². The molecule has 2 rings (SSSR count). The van der Waals surface area contributed by atoms with Crippen LogP contribution in [0.2, 0.25) is 0 Å². The molecule has 0 saturated heterocycles. The summed E-state index contributed by atoms with van der Waals surface area (Å²) in [7, 11) is 0. The molecule has 0 aliphatic heterocycles. The molecule has 2 amide bonds. The lowest BCUT2D eigenvalue weighted by Crippen LogP contribution is -2.32. The van der Waals surface area contributed by atoms with E-state index in [0.717, 1.165) is 0 Å². The zero-order chi connectivity index (χ0) is 18.4. The molecule has 0 aromatic heterocycles. The Balaban J connectivity index is 1.99. The molecule has 0 spiro atoms. The Morgan fingerprint density at radius 2 is 1.56 bits per heavy atom. The van der Waals surface area contributed by atoms with E-state index in [1.165, 1.54) is 43.0 Å². The average Bonchev–Trinajstić information content (AvgIpc) is 2.57. The van der Waals surface area contributed by atoms with E-state index in [9.17, 15) is 18.8 Å². The van der Waals surface area contributed by atoms with Crippen LogP contribution in [-0.4, -0.2) is 24.1 Å². The van der Waals surface area contributed by atoms with Gasteiger partial charge in [-0.15, -0.1) is 0 Å². The fourth-order valence-electron chi connectivity index (χ4n) is 2.31. The van der Waals surface area contributed by atoms with Crippen LogP contribution in [0.5, 0.6) is 0 Å². The van der Waals surface area contributed by atoms with Crippen molar-refractivity contribution < 1.29 is 18.8 Å². The number of Topliss-reactive ketones (excluding diaryl/α,β-unsaturated/α-hetero) is 1. The van der Waals surface area contributed by atoms with Crippen LogP contribution in [0.4, 0.5) is 15.8 Å². The number of carbonyl (C=O) groups is 3. The lowest BCUT2D eigenvalue weighted by atomic mass is 10.1. The second-order valence-corrected chi connectivity index (χ2v) is 5.58. The van der Waals surface area contributed by atoms with Crippen molar-refractivity contribution in [1.29, 1.82) is 0 Å². The second kappa shape index (κ2) is 8.19. The number of nitrogens with zero attached hydrogens (tertiary/aromatic N) is 1. The Hall–Kier alpha value is -3.02. The molecular weight excluding hydrogens is 323 g/mol. The quantitative estimate of drug-likeness (QED) is 0.818. The van der Waals surface area contributed by atoms with Crippen LogP contribution < -0.4 is 10.2 Å². The fraction of sp³-hybridized carbons (Fsp3) is 0.211. The predicted octanol–water partition coefficient (Wildman–Crippen LogP) is 3.41. The van der Waals surface area contributed by atoms with Gasteiger partial charge in [0.25, 0.3) is 0 Å². The van der Waals surface area contributed by atoms with Gasteiger partial charge in [-0.25, -0.2) is 4.39 Å². The number of hydrogen-bond donors (Lipinski definition) is 1. The van der Waals surface area contributed by atoms with Crippen LogP contribution in [0.15, 0.2) is 48.5 Å². The molecule has 0 heterocycles. The minimum absolute atomic E-state index is 0.0559. The maximum absolute atomic E-state index is 12.9. The lowest BCUT2D eigenvalue weighted by molar-refractivity contribution is -0.117. The summed E-state index contributed by atoms with van der Waals surface area (Å²) in [6, 6.07) is 12.1. The van der Waals surface area contributed by atoms with Crippen molar-refractivity contribution >= 4 is 29.0 Å². The summed E-state index contributed by atoms with van der Waals surface area (Å²) >= 11 is 0. The van der Waals surface area contributed by atoms with Crippen molar-refractivity contribution in [3.8, 4) is 0 Å². The van der Waals surface area contributed by atoms with E-state index in [2.05, 4.69) is 5.32 Å². The maximum Gasteiger partial charge on any atom is 0.226 e. The van der Waals surface area contributed by atoms with Gasteiger partial charge in [0.2, 0.25) is 11.8 Å². The Morgan fingerprint density at radius 1 is 0.960 bits per heavy atom. The average molecular weight is 342 g/mol. The third kappa shape index (κ3) is 5.24. The van der Waals surface area contributed by atoms with Crippen LogP contribution in [-0.2, 0) is 9.59 Å². The minimum atomic E-state index is -0.380. The Labute approximate surface area is 145 Å². The summed E-state index contributed by atoms with van der Waals surface area (Å²) in [5.41, 5.74) is 1.67. The first-order valence-corrected chi connectivity index (χ1v) is 7.81. The zero-order valence-corrected chi connectivity index (χ0v) is 14.1. The van der Waals surface area contributed by atoms with Crippen LogP contribution in [0, 0.1) is 5.82 Å². The highest BCUT2D eigenvalue weighted by molar-refractivity contribution is 5.97. The monoisotopic (exact) mass is 342 g/mol. The molecule has 0 fully saturated rings. The molecule has 0 aliphatic carbocycles. The summed E-state index contributed by atoms with van der Waals surface area (Å²) in [5.74, 6) is -0.919. The SMILES string of the molecule is CC(=O)c1ccc(N(CCC(=O)Nc2ccc(F)cc2)C(C)=O)cc1. The molecule has 6 heteroatoms. The van der Waals surface area contributed by atoms with E-state index in [1.807, 2.05) is 0 Å². The molecule has 0 unspecified atom stereocenters. The Morgan fingerprint density at radius 3 is 2.08 bits per heavy atom. The van der Waals surface area contributed by atoms with Crippen molar-refractivity contribution in [3.05, 3.63) is 59.9 Å². The maximum atomic E-state index is 12.9. The molecule has 1 N–H and O–H groups in total. The van der Waals surface area contributed by atoms with Crippen LogP contribution in [0.3, 0.4) is 0 Å². The predicted molar refractivity (Wildman–Crippen MR) is 94.1 cm³/mol. The number of benzene rings is 2. The van der Waals surface area contributed by atoms with E-state index in [4.69, 9.17) is 0 Å². The molecule has 2 aromatic rings. The zero-order valence-electron chi connectivity index (χ0n) is 14.1. The molecule has 130 valence electrons. The molecule has 2 aromatic carbocycles. The Kier molecular flexibility index (Phi) is 6.00. The fourth-order valence-corrected chi connectivity index (χ4v) is 2.31. The summed E-state index contributed by atoms with van der Waals surface area (Å²) in [6.45, 7) is 3.08. The second-order valence-electron chi connectivity index (χ2n) is 5.58. The van der Waals surface area contributed by atoms with Crippen molar-refractivity contribution in [3.63, 3.8) is 0 Å². The smallest absolute Gasteiger partial charge is 0.226 e. The number of halogens is 1. The van der Waals surface area contributed by atoms with Crippen molar-refractivity contribution in [2.75, 3.05) is 16.8 Å². The van der Waals surface area contributed by atoms with Gasteiger partial charge in [0.05, 0.1) is 0 Å². The number of rotatable bonds is 6. The summed E-state index contributed by atoms with van der Waals surface area (Å²) in [5, 5.41) is 2.65. The number of ketones is 1. The van der Waals surface area contributed by atoms with E-state index >= 15 is 0 Å². The van der Waals surface area contributed by atoms with Gasteiger partial charge in [0, 0.05) is 36.8 Å². The van der Waals surface area contributed by atoms with E-state index < -0.39 is 0 Å². The highest BCUT2D eigenvalue weighted by Crippen LogP contribution is 2.17. The van der Waals surface area contributed by atoms with E-state index in [-0.39, 0.29) is 36.4 Å². The first kappa shape index (κ1) is 18.3. The normalized spacial score (nSPS) is 10.2. The van der Waals surface area contributed by atoms with Gasteiger partial charge in [-0.3, -0.25) is 14.4 Å². The van der Waals surface area contributed by atoms with Gasteiger partial charge < -0.3 is 10.2 Å². The number of carbonyl (C=O) groups excluding carboxylic acids is 3. The molecule has 5 nitrogen and oxygen atoms in total. The van der Waals surface area contributed by atoms with Crippen molar-refractivity contribution in [2.45, 2.75) is 20.3 Å². The highest BCUT2D eigenvalue weighted by Gasteiger charge is 2.14. The van der Waals surface area contributed by atoms with Crippen LogP contribution in [0.1, 0.15) is 30.6 Å². The molecular formula is C19H19FN2O3. The number of anilines is 2. The molecule has 0 saturated carbocycles. The van der Waals surface area contributed by atoms with Gasteiger partial charge in [0.1, 0.15) is 5.82 Å². The van der Waals surface area contributed by atoms with Gasteiger partial charge >= 0.3 is 0 Å². The van der Waals surface area contributed by atoms with Crippen LogP contribution in [0.25, 0.3) is 0 Å². The van der Waals surface area contributed by atoms with Crippen LogP contribution >= 0.6 is 0 Å². The van der Waals surface area contributed by atoms with Crippen molar-refractivity contribution in [2.24, 2.45) is 0 Å². The van der Waals surface area contributed by atoms with E-state index in [0.29, 0.717) is 16.9 Å². The molecule has 0 bridgehead atoms. The lowest BCUT2D eigenvalue weighted by Gasteiger charge is -2.21. The van der Waals surface area contributed by atoms with E-state index in [1.54, 1.807) is 24.3 Å². The largest absolute Gasteiger partial charge is 0.326 e. The number of hydrogen-bond acceptors (Lipinski definition) is 3. The summed E-state index contributed by atoms with van der Waals surface area (Å²) in [4.78, 5) is 36.6.